The molecule has 0 aliphatic heterocycles. The van der Waals surface area contributed by atoms with Crippen molar-refractivity contribution in [2.75, 3.05) is 0 Å². The Hall–Kier alpha value is -3.16. The van der Waals surface area contributed by atoms with E-state index in [0.717, 1.165) is 39.8 Å². The van der Waals surface area contributed by atoms with Crippen molar-refractivity contribution in [3.8, 4) is 5.69 Å². The Labute approximate surface area is 205 Å². The van der Waals surface area contributed by atoms with Gasteiger partial charge in [-0.2, -0.15) is 0 Å². The van der Waals surface area contributed by atoms with Crippen LogP contribution >= 0.6 is 22.9 Å². The molecule has 0 saturated heterocycles. The molecule has 0 saturated carbocycles. The number of hydrogen-bond donors (Lipinski definition) is 1. The Bertz CT molecular complexity index is 1490. The summed E-state index contributed by atoms with van der Waals surface area (Å²) in [5.41, 5.74) is 1.72. The Morgan fingerprint density at radius 2 is 1.82 bits per heavy atom. The lowest BCUT2D eigenvalue weighted by Gasteiger charge is -2.16. The lowest BCUT2D eigenvalue weighted by Crippen LogP contribution is -2.43. The molecule has 1 atom stereocenters. The normalized spacial score (nSPS) is 13.7. The number of rotatable bonds is 6. The number of halogens is 1. The maximum absolute atomic E-state index is 13.5. The molecule has 1 unspecified atom stereocenters. The zero-order chi connectivity index (χ0) is 23.8. The van der Waals surface area contributed by atoms with E-state index in [9.17, 15) is 14.4 Å². The van der Waals surface area contributed by atoms with E-state index in [2.05, 4.69) is 5.32 Å². The van der Waals surface area contributed by atoms with E-state index in [-0.39, 0.29) is 24.1 Å². The molecule has 0 bridgehead atoms. The first-order valence-electron chi connectivity index (χ1n) is 11.3. The molecule has 1 aliphatic rings. The molecule has 1 aliphatic carbocycles. The molecule has 1 N–H and O–H groups in total. The number of hydrogen-bond acceptors (Lipinski definition) is 4. The zero-order valence-electron chi connectivity index (χ0n) is 18.7. The smallest absolute Gasteiger partial charge is 0.337 e. The fourth-order valence-electron chi connectivity index (χ4n) is 4.65. The molecule has 4 aromatic rings. The third-order valence-corrected chi connectivity index (χ3v) is 7.73. The van der Waals surface area contributed by atoms with E-state index in [1.165, 1.54) is 15.9 Å². The summed E-state index contributed by atoms with van der Waals surface area (Å²) in [6.07, 6.45) is 3.38. The molecule has 6 nitrogen and oxygen atoms in total. The Morgan fingerprint density at radius 3 is 2.56 bits per heavy atom. The molecule has 174 valence electrons. The van der Waals surface area contributed by atoms with Crippen LogP contribution in [0, 0.1) is 0 Å². The molecule has 0 fully saturated rings. The van der Waals surface area contributed by atoms with Crippen LogP contribution < -0.4 is 16.6 Å². The van der Waals surface area contributed by atoms with Gasteiger partial charge in [-0.3, -0.25) is 14.2 Å². The Morgan fingerprint density at radius 1 is 1.09 bits per heavy atom. The first-order chi connectivity index (χ1) is 16.4. The van der Waals surface area contributed by atoms with Gasteiger partial charge in [0, 0.05) is 15.9 Å². The minimum atomic E-state index is -0.523. The van der Waals surface area contributed by atoms with E-state index in [1.54, 1.807) is 24.3 Å². The lowest BCUT2D eigenvalue weighted by atomic mass is 10.1. The van der Waals surface area contributed by atoms with Crippen LogP contribution in [0.4, 0.5) is 0 Å². The first kappa shape index (κ1) is 22.6. The zero-order valence-corrected chi connectivity index (χ0v) is 20.3. The number of benzene rings is 2. The van der Waals surface area contributed by atoms with Crippen molar-refractivity contribution >= 4 is 39.1 Å². The van der Waals surface area contributed by atoms with Gasteiger partial charge in [-0.05, 0) is 68.0 Å². The van der Waals surface area contributed by atoms with Crippen molar-refractivity contribution in [1.82, 2.24) is 14.5 Å². The third-order valence-electron chi connectivity index (χ3n) is 6.17. The number of fused-ring (bicyclic) bond motifs is 3. The van der Waals surface area contributed by atoms with Crippen molar-refractivity contribution in [3.05, 3.63) is 96.5 Å². The summed E-state index contributed by atoms with van der Waals surface area (Å²) in [6.45, 7) is 1.79. The molecule has 5 rings (SSSR count). The second-order valence-corrected chi connectivity index (χ2v) is 10.2. The molecule has 2 aromatic heterocycles. The van der Waals surface area contributed by atoms with Crippen LogP contribution in [0.15, 0.2) is 64.2 Å². The summed E-state index contributed by atoms with van der Waals surface area (Å²) in [7, 11) is 0. The van der Waals surface area contributed by atoms with Crippen LogP contribution in [0.25, 0.3) is 15.9 Å². The number of carbonyl (C=O) groups excluding carboxylic acids is 1. The number of nitrogens with zero attached hydrogens (tertiary/aromatic N) is 2. The molecular weight excluding hydrogens is 470 g/mol. The molecule has 2 aromatic carbocycles. The number of amides is 1. The fourth-order valence-corrected chi connectivity index (χ4v) is 6.15. The lowest BCUT2D eigenvalue weighted by molar-refractivity contribution is -0.122. The van der Waals surface area contributed by atoms with Gasteiger partial charge in [0.05, 0.1) is 11.1 Å². The maximum atomic E-state index is 13.5. The van der Waals surface area contributed by atoms with Gasteiger partial charge in [0.15, 0.2) is 0 Å². The monoisotopic (exact) mass is 493 g/mol. The van der Waals surface area contributed by atoms with Crippen molar-refractivity contribution in [3.63, 3.8) is 0 Å². The summed E-state index contributed by atoms with van der Waals surface area (Å²) >= 11 is 7.48. The fraction of sp³-hybridized carbons (Fsp3) is 0.269. The molecular formula is C26H24ClN3O3S. The highest BCUT2D eigenvalue weighted by atomic mass is 35.5. The van der Waals surface area contributed by atoms with Gasteiger partial charge >= 0.3 is 5.69 Å². The molecule has 2 heterocycles. The molecule has 0 spiro atoms. The highest BCUT2D eigenvalue weighted by molar-refractivity contribution is 7.19. The number of nitrogens with one attached hydrogen (secondary N) is 1. The first-order valence-corrected chi connectivity index (χ1v) is 12.5. The van der Waals surface area contributed by atoms with Crippen molar-refractivity contribution in [2.45, 2.75) is 45.2 Å². The average Bonchev–Trinajstić information content (AvgIpc) is 3.40. The average molecular weight is 494 g/mol. The maximum Gasteiger partial charge on any atom is 0.337 e. The van der Waals surface area contributed by atoms with Gasteiger partial charge in [-0.15, -0.1) is 11.3 Å². The van der Waals surface area contributed by atoms with Crippen molar-refractivity contribution < 1.29 is 4.79 Å². The van der Waals surface area contributed by atoms with E-state index in [1.807, 2.05) is 37.3 Å². The van der Waals surface area contributed by atoms with Crippen LogP contribution in [-0.4, -0.2) is 21.1 Å². The third kappa shape index (κ3) is 4.21. The van der Waals surface area contributed by atoms with Gasteiger partial charge in [-0.1, -0.05) is 41.9 Å². The summed E-state index contributed by atoms with van der Waals surface area (Å²) in [6, 6.07) is 16.4. The largest absolute Gasteiger partial charge is 0.352 e. The summed E-state index contributed by atoms with van der Waals surface area (Å²) in [4.78, 5) is 41.7. The van der Waals surface area contributed by atoms with Crippen LogP contribution in [0.5, 0.6) is 0 Å². The van der Waals surface area contributed by atoms with Crippen molar-refractivity contribution in [1.29, 1.82) is 0 Å². The van der Waals surface area contributed by atoms with E-state index >= 15 is 0 Å². The predicted octanol–water partition coefficient (Wildman–Crippen LogP) is 4.10. The van der Waals surface area contributed by atoms with Gasteiger partial charge in [0.2, 0.25) is 5.91 Å². The quantitative estimate of drug-likeness (QED) is 0.439. The van der Waals surface area contributed by atoms with Gasteiger partial charge < -0.3 is 5.32 Å². The molecule has 0 radical (unpaired) electrons. The highest BCUT2D eigenvalue weighted by Gasteiger charge is 2.26. The van der Waals surface area contributed by atoms with Crippen LogP contribution in [0.3, 0.4) is 0 Å². The topological polar surface area (TPSA) is 73.1 Å². The second-order valence-electron chi connectivity index (χ2n) is 8.68. The molecule has 1 amide bonds. The summed E-state index contributed by atoms with van der Waals surface area (Å²) < 4.78 is 2.60. The predicted molar refractivity (Wildman–Crippen MR) is 136 cm³/mol. The SMILES string of the molecule is CC(Cc1ccccc1)NC(=O)Cn1c(=O)n(-c2ccc(Cl)cc2)c(=O)c2c3c(sc21)CCC3. The number of aromatic nitrogens is 2. The van der Waals surface area contributed by atoms with E-state index in [0.29, 0.717) is 27.3 Å². The standard InChI is InChI=1S/C26H24ClN3O3S/c1-16(14-17-6-3-2-4-7-17)28-22(31)15-29-25-23(20-8-5-9-21(20)34-25)24(32)30(26(29)33)19-12-10-18(27)11-13-19/h2-4,6-7,10-13,16H,5,8-9,14-15H2,1H3,(H,28,31). The Kier molecular flexibility index (Phi) is 6.15. The molecule has 34 heavy (non-hydrogen) atoms. The van der Waals surface area contributed by atoms with Crippen LogP contribution in [0.1, 0.15) is 29.3 Å². The molecule has 8 heteroatoms. The van der Waals surface area contributed by atoms with Gasteiger partial charge in [0.1, 0.15) is 11.4 Å². The van der Waals surface area contributed by atoms with Crippen molar-refractivity contribution in [2.24, 2.45) is 0 Å². The highest BCUT2D eigenvalue weighted by Crippen LogP contribution is 2.35. The summed E-state index contributed by atoms with van der Waals surface area (Å²) in [5.74, 6) is -0.262. The number of thiophene rings is 1. The van der Waals surface area contributed by atoms with E-state index in [4.69, 9.17) is 11.6 Å². The number of aryl methyl sites for hydroxylation is 2. The Balaban J connectivity index is 1.54. The number of carbonyl (C=O) groups is 1. The van der Waals surface area contributed by atoms with E-state index < -0.39 is 5.69 Å². The minimum Gasteiger partial charge on any atom is -0.352 e. The van der Waals surface area contributed by atoms with Gasteiger partial charge in [-0.25, -0.2) is 9.36 Å². The van der Waals surface area contributed by atoms with Crippen LogP contribution in [0.2, 0.25) is 5.02 Å². The second kappa shape index (κ2) is 9.24. The van der Waals surface area contributed by atoms with Crippen LogP contribution in [-0.2, 0) is 30.6 Å². The summed E-state index contributed by atoms with van der Waals surface area (Å²) in [5, 5.41) is 4.07. The minimum absolute atomic E-state index is 0.100. The van der Waals surface area contributed by atoms with Gasteiger partial charge in [0.25, 0.3) is 5.56 Å².